The van der Waals surface area contributed by atoms with Crippen LogP contribution in [0.1, 0.15) is 64.2 Å². The van der Waals surface area contributed by atoms with Gasteiger partial charge in [0.15, 0.2) is 0 Å². The first-order valence-electron chi connectivity index (χ1n) is 10.2. The number of ether oxygens (including phenoxy) is 2. The van der Waals surface area contributed by atoms with Gasteiger partial charge in [0, 0.05) is 0 Å². The van der Waals surface area contributed by atoms with E-state index in [-0.39, 0.29) is 13.2 Å². The Bertz CT molecular complexity index is 523. The third-order valence-corrected chi connectivity index (χ3v) is 5.80. The second kappa shape index (κ2) is 11.0. The Balaban J connectivity index is 1.63. The molecule has 0 aliphatic heterocycles. The molecule has 2 aliphatic rings. The Morgan fingerprint density at radius 1 is 0.607 bits per heavy atom. The number of hydrogen-bond donors (Lipinski definition) is 2. The van der Waals surface area contributed by atoms with E-state index in [0.29, 0.717) is 38.5 Å². The molecule has 0 spiro atoms. The second-order valence-corrected chi connectivity index (χ2v) is 7.71. The first kappa shape index (κ1) is 22.2. The van der Waals surface area contributed by atoms with Gasteiger partial charge in [-0.2, -0.15) is 0 Å². The predicted octanol–water partition coefficient (Wildman–Crippen LogP) is 2.63. The van der Waals surface area contributed by atoms with E-state index < -0.39 is 47.5 Å². The van der Waals surface area contributed by atoms with E-state index in [1.807, 2.05) is 0 Å². The number of rotatable bonds is 9. The highest BCUT2D eigenvalue weighted by Crippen LogP contribution is 2.32. The summed E-state index contributed by atoms with van der Waals surface area (Å²) in [5, 5.41) is 18.4. The van der Waals surface area contributed by atoms with Crippen LogP contribution in [-0.4, -0.2) is 47.3 Å². The van der Waals surface area contributed by atoms with Crippen LogP contribution >= 0.6 is 0 Å². The number of carbonyl (C=O) groups is 4. The molecule has 0 bridgehead atoms. The molecule has 2 fully saturated rings. The molecule has 0 unspecified atom stereocenters. The van der Waals surface area contributed by atoms with Gasteiger partial charge in [-0.05, 0) is 38.5 Å². The highest BCUT2D eigenvalue weighted by Gasteiger charge is 2.37. The molecule has 8 heteroatoms. The molecule has 2 N–H and O–H groups in total. The zero-order chi connectivity index (χ0) is 20.5. The summed E-state index contributed by atoms with van der Waals surface area (Å²) in [4.78, 5) is 46.8. The maximum atomic E-state index is 12.1. The van der Waals surface area contributed by atoms with Gasteiger partial charge in [0.25, 0.3) is 0 Å². The van der Waals surface area contributed by atoms with Gasteiger partial charge in [0.1, 0.15) is 0 Å². The number of carboxylic acids is 2. The average molecular weight is 398 g/mol. The smallest absolute Gasteiger partial charge is 0.309 e. The van der Waals surface area contributed by atoms with Gasteiger partial charge < -0.3 is 19.7 Å². The summed E-state index contributed by atoms with van der Waals surface area (Å²) in [6, 6.07) is 0. The van der Waals surface area contributed by atoms with Crippen LogP contribution in [0.4, 0.5) is 0 Å². The monoisotopic (exact) mass is 398 g/mol. The third kappa shape index (κ3) is 6.21. The van der Waals surface area contributed by atoms with Crippen molar-refractivity contribution in [3.63, 3.8) is 0 Å². The highest BCUT2D eigenvalue weighted by molar-refractivity contribution is 5.82. The normalized spacial score (nSPS) is 27.6. The maximum Gasteiger partial charge on any atom is 0.309 e. The molecule has 0 aromatic heterocycles. The molecule has 4 atom stereocenters. The van der Waals surface area contributed by atoms with E-state index in [1.165, 1.54) is 0 Å². The Kier molecular flexibility index (Phi) is 8.73. The van der Waals surface area contributed by atoms with Crippen LogP contribution in [0.3, 0.4) is 0 Å². The predicted molar refractivity (Wildman–Crippen MR) is 97.3 cm³/mol. The summed E-state index contributed by atoms with van der Waals surface area (Å²) in [7, 11) is 0. The summed E-state index contributed by atoms with van der Waals surface area (Å²) < 4.78 is 10.4. The lowest BCUT2D eigenvalue weighted by molar-refractivity contribution is -0.160. The van der Waals surface area contributed by atoms with Crippen LogP contribution in [0.5, 0.6) is 0 Å². The van der Waals surface area contributed by atoms with Gasteiger partial charge in [0.05, 0.1) is 36.9 Å². The molecule has 158 valence electrons. The first-order valence-corrected chi connectivity index (χ1v) is 10.2. The van der Waals surface area contributed by atoms with E-state index in [0.717, 1.165) is 25.7 Å². The summed E-state index contributed by atoms with van der Waals surface area (Å²) in [6.07, 6.45) is 6.38. The molecule has 2 saturated carbocycles. The lowest BCUT2D eigenvalue weighted by Crippen LogP contribution is -2.34. The van der Waals surface area contributed by atoms with Crippen molar-refractivity contribution in [2.45, 2.75) is 64.2 Å². The molecule has 0 aromatic carbocycles. The van der Waals surface area contributed by atoms with Crippen LogP contribution in [-0.2, 0) is 28.7 Å². The van der Waals surface area contributed by atoms with E-state index in [1.54, 1.807) is 0 Å². The summed E-state index contributed by atoms with van der Waals surface area (Å²) in [6.45, 7) is 0.306. The quantitative estimate of drug-likeness (QED) is 0.448. The van der Waals surface area contributed by atoms with E-state index >= 15 is 0 Å². The van der Waals surface area contributed by atoms with Crippen LogP contribution in [0.25, 0.3) is 0 Å². The fourth-order valence-electron chi connectivity index (χ4n) is 4.18. The Labute approximate surface area is 164 Å². The lowest BCUT2D eigenvalue weighted by Gasteiger charge is -2.27. The molecule has 0 radical (unpaired) electrons. The van der Waals surface area contributed by atoms with Crippen molar-refractivity contribution in [2.75, 3.05) is 13.2 Å². The fraction of sp³-hybridized carbons (Fsp3) is 0.800. The highest BCUT2D eigenvalue weighted by atomic mass is 16.5. The molecule has 8 nitrogen and oxygen atoms in total. The van der Waals surface area contributed by atoms with E-state index in [2.05, 4.69) is 0 Å². The lowest BCUT2D eigenvalue weighted by atomic mass is 9.79. The zero-order valence-corrected chi connectivity index (χ0v) is 16.1. The Morgan fingerprint density at radius 3 is 1.25 bits per heavy atom. The van der Waals surface area contributed by atoms with E-state index in [9.17, 15) is 29.4 Å². The largest absolute Gasteiger partial charge is 0.481 e. The Hall–Kier alpha value is -2.12. The van der Waals surface area contributed by atoms with Crippen molar-refractivity contribution < 1.29 is 38.9 Å². The number of unbranched alkanes of at least 4 members (excludes halogenated alkanes) is 1. The summed E-state index contributed by atoms with van der Waals surface area (Å²) in [5.74, 6) is -5.32. The molecular weight excluding hydrogens is 368 g/mol. The number of carboxylic acid groups (broad SMARTS) is 2. The van der Waals surface area contributed by atoms with Gasteiger partial charge in [-0.1, -0.05) is 25.7 Å². The van der Waals surface area contributed by atoms with Gasteiger partial charge >= 0.3 is 23.9 Å². The molecule has 2 rings (SSSR count). The van der Waals surface area contributed by atoms with Gasteiger partial charge in [0.2, 0.25) is 0 Å². The van der Waals surface area contributed by atoms with E-state index in [4.69, 9.17) is 9.47 Å². The molecule has 0 heterocycles. The second-order valence-electron chi connectivity index (χ2n) is 7.71. The van der Waals surface area contributed by atoms with Gasteiger partial charge in [-0.25, -0.2) is 0 Å². The molecule has 0 saturated heterocycles. The SMILES string of the molecule is O=C(O)[C@H]1CCCC[C@H]1C(=O)OCCCCOC(=O)[C@H]1CCCC[C@H]1C(=O)O. The minimum Gasteiger partial charge on any atom is -0.481 e. The standard InChI is InChI=1S/C20H30O8/c21-17(22)13-7-1-3-9-15(13)19(25)27-11-5-6-12-28-20(26)16-10-4-2-8-14(16)18(23)24/h13-16H,1-12H2,(H,21,22)(H,23,24)/t13-,14+,15+,16-. The first-order chi connectivity index (χ1) is 13.4. The summed E-state index contributed by atoms with van der Waals surface area (Å²) in [5.41, 5.74) is 0. The summed E-state index contributed by atoms with van der Waals surface area (Å²) >= 11 is 0. The Morgan fingerprint density at radius 2 is 0.929 bits per heavy atom. The van der Waals surface area contributed by atoms with Crippen LogP contribution in [0.15, 0.2) is 0 Å². The van der Waals surface area contributed by atoms with Crippen LogP contribution < -0.4 is 0 Å². The minimum atomic E-state index is -0.948. The number of esters is 2. The molecule has 0 aromatic rings. The molecule has 0 amide bonds. The topological polar surface area (TPSA) is 127 Å². The van der Waals surface area contributed by atoms with Gasteiger partial charge in [-0.3, -0.25) is 19.2 Å². The van der Waals surface area contributed by atoms with Crippen LogP contribution in [0, 0.1) is 23.7 Å². The molecule has 28 heavy (non-hydrogen) atoms. The van der Waals surface area contributed by atoms with Crippen molar-refractivity contribution in [1.29, 1.82) is 0 Å². The average Bonchev–Trinajstić information content (AvgIpc) is 2.70. The van der Waals surface area contributed by atoms with Crippen LogP contribution in [0.2, 0.25) is 0 Å². The van der Waals surface area contributed by atoms with Crippen molar-refractivity contribution in [3.05, 3.63) is 0 Å². The number of aliphatic carboxylic acids is 2. The molecular formula is C20H30O8. The number of carbonyl (C=O) groups excluding carboxylic acids is 2. The van der Waals surface area contributed by atoms with Crippen molar-refractivity contribution in [3.8, 4) is 0 Å². The fourth-order valence-corrected chi connectivity index (χ4v) is 4.18. The van der Waals surface area contributed by atoms with Gasteiger partial charge in [-0.15, -0.1) is 0 Å². The minimum absolute atomic E-state index is 0.153. The van der Waals surface area contributed by atoms with Crippen molar-refractivity contribution in [2.24, 2.45) is 23.7 Å². The zero-order valence-electron chi connectivity index (χ0n) is 16.1. The maximum absolute atomic E-state index is 12.1. The molecule has 2 aliphatic carbocycles. The number of hydrogen-bond acceptors (Lipinski definition) is 6. The third-order valence-electron chi connectivity index (χ3n) is 5.80. The van der Waals surface area contributed by atoms with Crippen molar-refractivity contribution >= 4 is 23.9 Å². The van der Waals surface area contributed by atoms with Crippen molar-refractivity contribution in [1.82, 2.24) is 0 Å².